The third kappa shape index (κ3) is 1.64. The average Bonchev–Trinajstić information content (AvgIpc) is 2.79. The third-order valence-electron chi connectivity index (χ3n) is 4.36. The van der Waals surface area contributed by atoms with Crippen LogP contribution in [0.4, 0.5) is 0 Å². The maximum absolute atomic E-state index is 13.0. The van der Waals surface area contributed by atoms with Crippen LogP contribution in [0.15, 0.2) is 35.2 Å². The molecule has 1 N–H and O–H groups in total. The molecule has 1 aromatic rings. The smallest absolute Gasteiger partial charge is 0.203 e. The van der Waals surface area contributed by atoms with E-state index in [1.807, 2.05) is 0 Å². The maximum atomic E-state index is 13.0. The van der Waals surface area contributed by atoms with Gasteiger partial charge in [-0.3, -0.25) is 5.41 Å². The van der Waals surface area contributed by atoms with Gasteiger partial charge in [0.25, 0.3) is 0 Å². The number of ether oxygens (including phenoxy) is 1. The van der Waals surface area contributed by atoms with Crippen molar-refractivity contribution in [1.29, 1.82) is 5.41 Å². The van der Waals surface area contributed by atoms with Gasteiger partial charge in [0.15, 0.2) is 14.6 Å². The molecule has 2 fully saturated rings. The quantitative estimate of drug-likeness (QED) is 0.904. The van der Waals surface area contributed by atoms with E-state index >= 15 is 0 Å². The Balaban J connectivity index is 2.15. The minimum absolute atomic E-state index is 0.0546. The van der Waals surface area contributed by atoms with Gasteiger partial charge < -0.3 is 4.74 Å². The van der Waals surface area contributed by atoms with Crippen LogP contribution in [0.1, 0.15) is 25.7 Å². The third-order valence-corrected chi connectivity index (χ3v) is 6.93. The van der Waals surface area contributed by atoms with E-state index in [0.29, 0.717) is 17.9 Å². The van der Waals surface area contributed by atoms with Gasteiger partial charge in [-0.2, -0.15) is 0 Å². The highest BCUT2D eigenvalue weighted by molar-refractivity contribution is 7.93. The summed E-state index contributed by atoms with van der Waals surface area (Å²) in [6.07, 6.45) is 3.20. The molecule has 0 spiro atoms. The first-order chi connectivity index (χ1) is 9.09. The summed E-state index contributed by atoms with van der Waals surface area (Å²) in [7, 11) is -3.56. The van der Waals surface area contributed by atoms with E-state index in [9.17, 15) is 8.42 Å². The van der Waals surface area contributed by atoms with Crippen LogP contribution in [0, 0.1) is 11.3 Å². The van der Waals surface area contributed by atoms with Gasteiger partial charge in [0.2, 0.25) is 5.90 Å². The van der Waals surface area contributed by atoms with E-state index in [2.05, 4.69) is 0 Å². The predicted molar refractivity (Wildman–Crippen MR) is 72.0 cm³/mol. The highest BCUT2D eigenvalue weighted by Gasteiger charge is 2.60. The molecule has 0 aromatic heterocycles. The van der Waals surface area contributed by atoms with Crippen molar-refractivity contribution in [3.05, 3.63) is 30.3 Å². The fourth-order valence-electron chi connectivity index (χ4n) is 3.32. The van der Waals surface area contributed by atoms with Crippen LogP contribution in [0.3, 0.4) is 0 Å². The summed E-state index contributed by atoms with van der Waals surface area (Å²) in [5.74, 6) is -0.125. The summed E-state index contributed by atoms with van der Waals surface area (Å²) >= 11 is 0. The van der Waals surface area contributed by atoms with Gasteiger partial charge in [-0.15, -0.1) is 0 Å². The molecule has 1 aromatic carbocycles. The molecule has 1 heterocycles. The standard InChI is InChI=1S/C14H17NO3S/c15-13-14(9-5-4-6-11(14)10-18-13)19(16,17)12-7-2-1-3-8-12/h1-3,7-8,11,15H,4-6,9-10H2. The van der Waals surface area contributed by atoms with Gasteiger partial charge in [0.05, 0.1) is 11.5 Å². The van der Waals surface area contributed by atoms with Crippen molar-refractivity contribution in [3.63, 3.8) is 0 Å². The van der Waals surface area contributed by atoms with Crippen LogP contribution >= 0.6 is 0 Å². The molecule has 102 valence electrons. The largest absolute Gasteiger partial charge is 0.480 e. The zero-order chi connectivity index (χ0) is 13.5. The molecule has 0 bridgehead atoms. The van der Waals surface area contributed by atoms with Crippen LogP contribution in [0.5, 0.6) is 0 Å². The Morgan fingerprint density at radius 1 is 1.21 bits per heavy atom. The minimum Gasteiger partial charge on any atom is -0.480 e. The Morgan fingerprint density at radius 2 is 1.95 bits per heavy atom. The van der Waals surface area contributed by atoms with Crippen LogP contribution in [-0.2, 0) is 14.6 Å². The van der Waals surface area contributed by atoms with E-state index in [0.717, 1.165) is 19.3 Å². The van der Waals surface area contributed by atoms with Crippen molar-refractivity contribution in [2.45, 2.75) is 35.3 Å². The van der Waals surface area contributed by atoms with Crippen LogP contribution in [-0.4, -0.2) is 25.7 Å². The second-order valence-electron chi connectivity index (χ2n) is 5.29. The van der Waals surface area contributed by atoms with E-state index in [-0.39, 0.29) is 11.8 Å². The molecular weight excluding hydrogens is 262 g/mol. The molecule has 0 radical (unpaired) electrons. The molecule has 2 unspecified atom stereocenters. The van der Waals surface area contributed by atoms with Crippen molar-refractivity contribution in [2.75, 3.05) is 6.61 Å². The summed E-state index contributed by atoms with van der Waals surface area (Å²) < 4.78 is 30.2. The Bertz CT molecular complexity index is 596. The van der Waals surface area contributed by atoms with Gasteiger partial charge in [0, 0.05) is 5.92 Å². The number of hydrogen-bond donors (Lipinski definition) is 1. The predicted octanol–water partition coefficient (Wildman–Crippen LogP) is 2.40. The first kappa shape index (κ1) is 12.7. The molecule has 19 heavy (non-hydrogen) atoms. The summed E-state index contributed by atoms with van der Waals surface area (Å²) in [5, 5.41) is 8.03. The van der Waals surface area contributed by atoms with E-state index < -0.39 is 14.6 Å². The molecule has 2 aliphatic rings. The number of sulfone groups is 1. The molecule has 1 aliphatic heterocycles. The second kappa shape index (κ2) is 4.34. The molecule has 3 rings (SSSR count). The zero-order valence-corrected chi connectivity index (χ0v) is 11.4. The molecule has 1 saturated heterocycles. The summed E-state index contributed by atoms with van der Waals surface area (Å²) in [6, 6.07) is 8.47. The highest BCUT2D eigenvalue weighted by Crippen LogP contribution is 2.47. The second-order valence-corrected chi connectivity index (χ2v) is 7.50. The number of nitrogens with one attached hydrogen (secondary N) is 1. The van der Waals surface area contributed by atoms with Crippen LogP contribution in [0.2, 0.25) is 0 Å². The lowest BCUT2D eigenvalue weighted by molar-refractivity contribution is 0.263. The van der Waals surface area contributed by atoms with Gasteiger partial charge in [-0.1, -0.05) is 31.0 Å². The SMILES string of the molecule is N=C1OCC2CCCCC12S(=O)(=O)c1ccccc1. The molecule has 1 saturated carbocycles. The van der Waals surface area contributed by atoms with Gasteiger partial charge >= 0.3 is 0 Å². The topological polar surface area (TPSA) is 67.2 Å². The molecule has 4 nitrogen and oxygen atoms in total. The van der Waals surface area contributed by atoms with Gasteiger partial charge in [-0.05, 0) is 25.0 Å². The number of fused-ring (bicyclic) bond motifs is 1. The minimum atomic E-state index is -3.56. The monoisotopic (exact) mass is 279 g/mol. The van der Waals surface area contributed by atoms with Crippen LogP contribution < -0.4 is 0 Å². The van der Waals surface area contributed by atoms with Crippen molar-refractivity contribution in [3.8, 4) is 0 Å². The first-order valence-electron chi connectivity index (χ1n) is 6.60. The van der Waals surface area contributed by atoms with Crippen molar-refractivity contribution >= 4 is 15.7 Å². The Morgan fingerprint density at radius 3 is 2.68 bits per heavy atom. The lowest BCUT2D eigenvalue weighted by atomic mass is 9.80. The fourth-order valence-corrected chi connectivity index (χ4v) is 5.60. The van der Waals surface area contributed by atoms with E-state index in [1.165, 1.54) is 0 Å². The van der Waals surface area contributed by atoms with Gasteiger partial charge in [0.1, 0.15) is 0 Å². The molecule has 2 atom stereocenters. The van der Waals surface area contributed by atoms with E-state index in [4.69, 9.17) is 10.1 Å². The van der Waals surface area contributed by atoms with Gasteiger partial charge in [-0.25, -0.2) is 8.42 Å². The molecular formula is C14H17NO3S. The molecule has 1 aliphatic carbocycles. The number of hydrogen-bond acceptors (Lipinski definition) is 4. The fraction of sp³-hybridized carbons (Fsp3) is 0.500. The van der Waals surface area contributed by atoms with Crippen molar-refractivity contribution in [2.24, 2.45) is 5.92 Å². The summed E-state index contributed by atoms with van der Waals surface area (Å²) in [6.45, 7) is 0.366. The Hall–Kier alpha value is -1.36. The van der Waals surface area contributed by atoms with Crippen molar-refractivity contribution in [1.82, 2.24) is 0 Å². The lowest BCUT2D eigenvalue weighted by Gasteiger charge is -2.35. The summed E-state index contributed by atoms with van der Waals surface area (Å²) in [4.78, 5) is 0.303. The Labute approximate surface area is 113 Å². The zero-order valence-electron chi connectivity index (χ0n) is 10.6. The van der Waals surface area contributed by atoms with Crippen molar-refractivity contribution < 1.29 is 13.2 Å². The number of rotatable bonds is 2. The average molecular weight is 279 g/mol. The maximum Gasteiger partial charge on any atom is 0.203 e. The highest BCUT2D eigenvalue weighted by atomic mass is 32.2. The summed E-state index contributed by atoms with van der Waals surface area (Å²) in [5.41, 5.74) is 0. The molecule has 5 heteroatoms. The Kier molecular flexibility index (Phi) is 2.89. The lowest BCUT2D eigenvalue weighted by Crippen LogP contribution is -2.50. The first-order valence-corrected chi connectivity index (χ1v) is 8.09. The normalized spacial score (nSPS) is 30.7. The molecule has 0 amide bonds. The van der Waals surface area contributed by atoms with Crippen LogP contribution in [0.25, 0.3) is 0 Å². The van der Waals surface area contributed by atoms with E-state index in [1.54, 1.807) is 30.3 Å². The number of benzene rings is 1.